The molecule has 18 heavy (non-hydrogen) atoms. The van der Waals surface area contributed by atoms with Crippen LogP contribution in [-0.4, -0.2) is 14.2 Å². The Morgan fingerprint density at radius 2 is 1.11 bits per heavy atom. The van der Waals surface area contributed by atoms with Gasteiger partial charge in [0, 0.05) is 18.3 Å². The van der Waals surface area contributed by atoms with Gasteiger partial charge in [-0.25, -0.2) is 0 Å². The van der Waals surface area contributed by atoms with Crippen LogP contribution < -0.4 is 9.47 Å². The van der Waals surface area contributed by atoms with E-state index < -0.39 is 0 Å². The Hall–Kier alpha value is -0.500. The van der Waals surface area contributed by atoms with Crippen molar-refractivity contribution in [2.75, 3.05) is 14.2 Å². The van der Waals surface area contributed by atoms with Crippen LogP contribution in [-0.2, 0) is 0 Å². The predicted molar refractivity (Wildman–Crippen MR) is 90.4 cm³/mol. The maximum absolute atomic E-state index is 5.47. The van der Waals surface area contributed by atoms with Crippen LogP contribution in [0.25, 0.3) is 11.1 Å². The van der Waals surface area contributed by atoms with Crippen molar-refractivity contribution in [2.24, 2.45) is 0 Å². The molecular formula is C14H12I2O2. The highest BCUT2D eigenvalue weighted by atomic mass is 127. The molecule has 0 spiro atoms. The topological polar surface area (TPSA) is 18.5 Å². The molecule has 2 rings (SSSR count). The van der Waals surface area contributed by atoms with E-state index in [2.05, 4.69) is 57.3 Å². The van der Waals surface area contributed by atoms with E-state index in [1.165, 1.54) is 0 Å². The van der Waals surface area contributed by atoms with Gasteiger partial charge in [0.05, 0.1) is 14.2 Å². The van der Waals surface area contributed by atoms with Crippen molar-refractivity contribution in [2.45, 2.75) is 0 Å². The molecular weight excluding hydrogens is 454 g/mol. The summed E-state index contributed by atoms with van der Waals surface area (Å²) >= 11 is 4.65. The Balaban J connectivity index is 2.76. The maximum atomic E-state index is 5.47. The number of hydrogen-bond acceptors (Lipinski definition) is 2. The van der Waals surface area contributed by atoms with Crippen LogP contribution in [0.15, 0.2) is 36.4 Å². The summed E-state index contributed by atoms with van der Waals surface area (Å²) in [6.45, 7) is 0. The third-order valence-corrected chi connectivity index (χ3v) is 4.44. The van der Waals surface area contributed by atoms with Gasteiger partial charge in [-0.2, -0.15) is 0 Å². The summed E-state index contributed by atoms with van der Waals surface area (Å²) in [5.74, 6) is 1.73. The standard InChI is InChI=1S/C14H12I2O2/c1-17-11-7-3-5-9(15)13(11)14-10(16)6-4-8-12(14)18-2/h3-8H,1-2H3. The first kappa shape index (κ1) is 13.9. The summed E-state index contributed by atoms with van der Waals surface area (Å²) in [5, 5.41) is 0. The van der Waals surface area contributed by atoms with Crippen molar-refractivity contribution in [3.63, 3.8) is 0 Å². The number of methoxy groups -OCH3 is 2. The minimum atomic E-state index is 0.865. The largest absolute Gasteiger partial charge is 0.496 e. The zero-order chi connectivity index (χ0) is 13.1. The molecule has 0 bridgehead atoms. The molecule has 0 aliphatic rings. The molecule has 0 N–H and O–H groups in total. The van der Waals surface area contributed by atoms with Gasteiger partial charge in [0.25, 0.3) is 0 Å². The third kappa shape index (κ3) is 2.59. The quantitative estimate of drug-likeness (QED) is 0.618. The van der Waals surface area contributed by atoms with E-state index >= 15 is 0 Å². The molecule has 2 nitrogen and oxygen atoms in total. The molecule has 0 unspecified atom stereocenters. The summed E-state index contributed by atoms with van der Waals surface area (Å²) in [6, 6.07) is 12.1. The summed E-state index contributed by atoms with van der Waals surface area (Å²) in [4.78, 5) is 0. The van der Waals surface area contributed by atoms with Crippen molar-refractivity contribution in [3.05, 3.63) is 43.5 Å². The first-order valence-electron chi connectivity index (χ1n) is 5.34. The average molecular weight is 466 g/mol. The number of benzene rings is 2. The van der Waals surface area contributed by atoms with Crippen LogP contribution in [0, 0.1) is 7.14 Å². The first-order chi connectivity index (χ1) is 8.69. The van der Waals surface area contributed by atoms with Gasteiger partial charge >= 0.3 is 0 Å². The zero-order valence-electron chi connectivity index (χ0n) is 10.0. The van der Waals surface area contributed by atoms with Crippen molar-refractivity contribution < 1.29 is 9.47 Å². The summed E-state index contributed by atoms with van der Waals surface area (Å²) in [7, 11) is 3.38. The van der Waals surface area contributed by atoms with Crippen LogP contribution >= 0.6 is 45.2 Å². The van der Waals surface area contributed by atoms with Gasteiger partial charge in [0.15, 0.2) is 0 Å². The lowest BCUT2D eigenvalue weighted by Crippen LogP contribution is -1.96. The molecule has 2 aromatic rings. The van der Waals surface area contributed by atoms with Crippen molar-refractivity contribution in [3.8, 4) is 22.6 Å². The highest BCUT2D eigenvalue weighted by Gasteiger charge is 2.17. The molecule has 0 saturated heterocycles. The minimum Gasteiger partial charge on any atom is -0.496 e. The lowest BCUT2D eigenvalue weighted by atomic mass is 10.0. The monoisotopic (exact) mass is 466 g/mol. The maximum Gasteiger partial charge on any atom is 0.127 e. The molecule has 0 radical (unpaired) electrons. The molecule has 0 aromatic heterocycles. The number of hydrogen-bond donors (Lipinski definition) is 0. The van der Waals surface area contributed by atoms with Gasteiger partial charge in [0.1, 0.15) is 11.5 Å². The molecule has 0 fully saturated rings. The minimum absolute atomic E-state index is 0.865. The second kappa shape index (κ2) is 6.10. The lowest BCUT2D eigenvalue weighted by molar-refractivity contribution is 0.410. The zero-order valence-corrected chi connectivity index (χ0v) is 14.4. The SMILES string of the molecule is COc1cccc(I)c1-c1c(I)cccc1OC. The normalized spacial score (nSPS) is 10.2. The van der Waals surface area contributed by atoms with Crippen LogP contribution in [0.3, 0.4) is 0 Å². The molecule has 0 aliphatic carbocycles. The number of rotatable bonds is 3. The molecule has 0 heterocycles. The van der Waals surface area contributed by atoms with Gasteiger partial charge in [-0.1, -0.05) is 12.1 Å². The molecule has 94 valence electrons. The Kier molecular flexibility index (Phi) is 4.71. The molecule has 0 atom stereocenters. The molecule has 0 saturated carbocycles. The summed E-state index contributed by atoms with van der Waals surface area (Å²) in [6.07, 6.45) is 0. The van der Waals surface area contributed by atoms with E-state index in [9.17, 15) is 0 Å². The van der Waals surface area contributed by atoms with Crippen molar-refractivity contribution in [1.82, 2.24) is 0 Å². The van der Waals surface area contributed by atoms with Crippen LogP contribution in [0.5, 0.6) is 11.5 Å². The average Bonchev–Trinajstić information content (AvgIpc) is 2.38. The smallest absolute Gasteiger partial charge is 0.127 e. The van der Waals surface area contributed by atoms with Gasteiger partial charge < -0.3 is 9.47 Å². The second-order valence-corrected chi connectivity index (χ2v) is 5.96. The van der Waals surface area contributed by atoms with Gasteiger partial charge in [-0.3, -0.25) is 0 Å². The van der Waals surface area contributed by atoms with Crippen LogP contribution in [0.4, 0.5) is 0 Å². The Labute approximate surface area is 134 Å². The number of ether oxygens (including phenoxy) is 2. The van der Waals surface area contributed by atoms with Crippen molar-refractivity contribution >= 4 is 45.2 Å². The molecule has 4 heteroatoms. The summed E-state index contributed by atoms with van der Waals surface area (Å²) in [5.41, 5.74) is 2.17. The van der Waals surface area contributed by atoms with Crippen LogP contribution in [0.1, 0.15) is 0 Å². The van der Waals surface area contributed by atoms with Gasteiger partial charge in [-0.15, -0.1) is 0 Å². The predicted octanol–water partition coefficient (Wildman–Crippen LogP) is 4.58. The van der Waals surface area contributed by atoms with Gasteiger partial charge in [0.2, 0.25) is 0 Å². The van der Waals surface area contributed by atoms with E-state index in [4.69, 9.17) is 9.47 Å². The van der Waals surface area contributed by atoms with E-state index in [1.807, 2.05) is 24.3 Å². The molecule has 0 amide bonds. The highest BCUT2D eigenvalue weighted by Crippen LogP contribution is 2.41. The Bertz CT molecular complexity index is 516. The van der Waals surface area contributed by atoms with Crippen LogP contribution in [0.2, 0.25) is 0 Å². The van der Waals surface area contributed by atoms with E-state index in [0.29, 0.717) is 0 Å². The van der Waals surface area contributed by atoms with Crippen molar-refractivity contribution in [1.29, 1.82) is 0 Å². The molecule has 2 aromatic carbocycles. The highest BCUT2D eigenvalue weighted by molar-refractivity contribution is 14.1. The van der Waals surface area contributed by atoms with E-state index in [0.717, 1.165) is 29.8 Å². The third-order valence-electron chi connectivity index (χ3n) is 2.64. The fourth-order valence-electron chi connectivity index (χ4n) is 1.83. The summed E-state index contributed by atoms with van der Waals surface area (Å²) < 4.78 is 13.2. The van der Waals surface area contributed by atoms with E-state index in [-0.39, 0.29) is 0 Å². The fourth-order valence-corrected chi connectivity index (χ4v) is 3.32. The fraction of sp³-hybridized carbons (Fsp3) is 0.143. The Morgan fingerprint density at radius 3 is 1.44 bits per heavy atom. The number of halogens is 2. The van der Waals surface area contributed by atoms with Gasteiger partial charge in [-0.05, 0) is 69.4 Å². The molecule has 0 aliphatic heterocycles. The first-order valence-corrected chi connectivity index (χ1v) is 7.50. The second-order valence-electron chi connectivity index (χ2n) is 3.63. The Morgan fingerprint density at radius 1 is 0.722 bits per heavy atom. The lowest BCUT2D eigenvalue weighted by Gasteiger charge is -2.15. The van der Waals surface area contributed by atoms with E-state index in [1.54, 1.807) is 14.2 Å².